The first-order valence-electron chi connectivity index (χ1n) is 13.4. The fraction of sp³-hybridized carbons (Fsp3) is 0.633. The molecule has 0 aromatic heterocycles. The topological polar surface area (TPSA) is 70.0 Å². The molecule has 1 unspecified atom stereocenters. The van der Waals surface area contributed by atoms with Crippen molar-refractivity contribution in [2.75, 3.05) is 11.9 Å². The van der Waals surface area contributed by atoms with Crippen LogP contribution in [0.2, 0.25) is 0 Å². The highest BCUT2D eigenvalue weighted by Crippen LogP contribution is 2.55. The molecule has 5 heteroatoms. The summed E-state index contributed by atoms with van der Waals surface area (Å²) in [5.41, 5.74) is 0.363. The third-order valence-electron chi connectivity index (χ3n) is 9.81. The molecule has 5 nitrogen and oxygen atoms in total. The minimum absolute atomic E-state index is 0.181. The molecule has 4 saturated carbocycles. The van der Waals surface area contributed by atoms with E-state index >= 15 is 0 Å². The average Bonchev–Trinajstić information content (AvgIpc) is 2.83. The number of carboxylic acid groups (broad SMARTS) is 1. The second-order valence-corrected chi connectivity index (χ2v) is 12.6. The van der Waals surface area contributed by atoms with Crippen LogP contribution in [-0.4, -0.2) is 41.0 Å². The quantitative estimate of drug-likeness (QED) is 0.519. The summed E-state index contributed by atoms with van der Waals surface area (Å²) < 4.78 is 6.39. The Balaban J connectivity index is 1.28. The Morgan fingerprint density at radius 2 is 1.60 bits per heavy atom. The molecule has 2 N–H and O–H groups in total. The second kappa shape index (κ2) is 8.69. The largest absolute Gasteiger partial charge is 0.490 e. The molecule has 1 atom stereocenters. The van der Waals surface area contributed by atoms with Crippen LogP contribution in [0, 0.1) is 16.7 Å². The van der Waals surface area contributed by atoms with Gasteiger partial charge < -0.3 is 19.8 Å². The third-order valence-corrected chi connectivity index (χ3v) is 9.81. The van der Waals surface area contributed by atoms with E-state index in [1.54, 1.807) is 0 Å². The zero-order valence-electron chi connectivity index (χ0n) is 21.7. The summed E-state index contributed by atoms with van der Waals surface area (Å²) in [6.45, 7) is 7.05. The Morgan fingerprint density at radius 3 is 2.20 bits per heavy atom. The van der Waals surface area contributed by atoms with Gasteiger partial charge in [-0.05, 0) is 104 Å². The number of benzene rings is 2. The Bertz CT molecular complexity index is 1090. The first-order chi connectivity index (χ1) is 16.5. The molecule has 4 fully saturated rings. The lowest BCUT2D eigenvalue weighted by atomic mass is 9.55. The molecule has 2 aromatic rings. The zero-order valence-corrected chi connectivity index (χ0v) is 21.7. The van der Waals surface area contributed by atoms with Gasteiger partial charge in [-0.3, -0.25) is 4.79 Å². The number of nitrogens with zero attached hydrogens (tertiary/aromatic N) is 1. The van der Waals surface area contributed by atoms with E-state index in [2.05, 4.69) is 69.1 Å². The fourth-order valence-corrected chi connectivity index (χ4v) is 7.09. The summed E-state index contributed by atoms with van der Waals surface area (Å²) in [6, 6.07) is 12.9. The summed E-state index contributed by atoms with van der Waals surface area (Å²) in [6.07, 6.45) is 7.44. The van der Waals surface area contributed by atoms with Gasteiger partial charge in [-0.25, -0.2) is 0 Å². The van der Waals surface area contributed by atoms with Crippen molar-refractivity contribution < 1.29 is 19.7 Å². The van der Waals surface area contributed by atoms with E-state index in [9.17, 15) is 15.0 Å². The molecular formula is C30H41NO4. The first kappa shape index (κ1) is 24.4. The molecule has 2 bridgehead atoms. The number of aliphatic hydroxyl groups is 1. The van der Waals surface area contributed by atoms with Gasteiger partial charge in [0.25, 0.3) is 0 Å². The number of ether oxygens (including phenoxy) is 1. The summed E-state index contributed by atoms with van der Waals surface area (Å²) >= 11 is 0. The second-order valence-electron chi connectivity index (χ2n) is 12.6. The molecule has 0 spiro atoms. The maximum Gasteiger partial charge on any atom is 0.312 e. The van der Waals surface area contributed by atoms with Crippen LogP contribution in [0.4, 0.5) is 5.69 Å². The van der Waals surface area contributed by atoms with Crippen LogP contribution < -0.4 is 9.64 Å². The van der Waals surface area contributed by atoms with Gasteiger partial charge in [-0.1, -0.05) is 32.9 Å². The van der Waals surface area contributed by atoms with E-state index in [4.69, 9.17) is 4.74 Å². The number of rotatable bonds is 5. The number of aliphatic carboxylic acids is 1. The number of carbonyl (C=O) groups is 1. The molecule has 4 aliphatic rings. The van der Waals surface area contributed by atoms with Gasteiger partial charge >= 0.3 is 5.97 Å². The summed E-state index contributed by atoms with van der Waals surface area (Å²) in [5, 5.41) is 22.8. The average molecular weight is 480 g/mol. The van der Waals surface area contributed by atoms with Crippen LogP contribution in [0.25, 0.3) is 10.8 Å². The smallest absolute Gasteiger partial charge is 0.312 e. The molecule has 35 heavy (non-hydrogen) atoms. The van der Waals surface area contributed by atoms with Crippen molar-refractivity contribution in [3.63, 3.8) is 0 Å². The fourth-order valence-electron chi connectivity index (χ4n) is 7.09. The maximum atomic E-state index is 11.9. The highest BCUT2D eigenvalue weighted by Gasteiger charge is 2.59. The van der Waals surface area contributed by atoms with E-state index in [0.717, 1.165) is 48.4 Å². The molecule has 0 heterocycles. The first-order valence-corrected chi connectivity index (χ1v) is 13.4. The lowest BCUT2D eigenvalue weighted by Crippen LogP contribution is -2.63. The van der Waals surface area contributed by atoms with Crippen LogP contribution in [0.15, 0.2) is 36.4 Å². The molecule has 4 aliphatic carbocycles. The van der Waals surface area contributed by atoms with Crippen molar-refractivity contribution in [2.24, 2.45) is 16.7 Å². The Hall–Kier alpha value is -2.27. The van der Waals surface area contributed by atoms with E-state index in [0.29, 0.717) is 30.8 Å². The minimum Gasteiger partial charge on any atom is -0.490 e. The van der Waals surface area contributed by atoms with Gasteiger partial charge in [0, 0.05) is 18.3 Å². The van der Waals surface area contributed by atoms with Crippen molar-refractivity contribution in [3.8, 4) is 5.75 Å². The molecule has 6 rings (SSSR count). The minimum atomic E-state index is -0.950. The Morgan fingerprint density at radius 1 is 0.971 bits per heavy atom. The number of aliphatic hydroxyl groups excluding tert-OH is 1. The molecule has 0 saturated heterocycles. The SMILES string of the molecule is CN(c1ccc2cc(OC3CCC(C(C)(C)C)CC3)ccc2c1)C12CCC(C(=O)O)(CC1)C(O)C2. The van der Waals surface area contributed by atoms with E-state index in [1.165, 1.54) is 18.2 Å². The molecule has 0 radical (unpaired) electrons. The highest BCUT2D eigenvalue weighted by molar-refractivity contribution is 5.87. The number of anilines is 1. The van der Waals surface area contributed by atoms with Crippen LogP contribution in [0.3, 0.4) is 0 Å². The molecule has 0 aliphatic heterocycles. The van der Waals surface area contributed by atoms with Gasteiger partial charge in [0.2, 0.25) is 0 Å². The zero-order chi connectivity index (χ0) is 25.0. The van der Waals surface area contributed by atoms with Crippen molar-refractivity contribution in [3.05, 3.63) is 36.4 Å². The van der Waals surface area contributed by atoms with Gasteiger partial charge in [-0.2, -0.15) is 0 Å². The third kappa shape index (κ3) is 4.30. The van der Waals surface area contributed by atoms with Crippen LogP contribution in [-0.2, 0) is 4.79 Å². The predicted molar refractivity (Wildman–Crippen MR) is 140 cm³/mol. The predicted octanol–water partition coefficient (Wildman–Crippen LogP) is 6.41. The lowest BCUT2D eigenvalue weighted by Gasteiger charge is -2.57. The van der Waals surface area contributed by atoms with Gasteiger partial charge in [-0.15, -0.1) is 0 Å². The van der Waals surface area contributed by atoms with Crippen molar-refractivity contribution in [2.45, 2.75) is 96.3 Å². The van der Waals surface area contributed by atoms with Crippen LogP contribution in [0.5, 0.6) is 5.75 Å². The normalized spacial score (nSPS) is 33.0. The van der Waals surface area contributed by atoms with E-state index in [1.807, 2.05) is 0 Å². The maximum absolute atomic E-state index is 11.9. The standard InChI is InChI=1S/C30H41NO4/c1-28(2,3)22-7-11-24(12-8-22)35-25-10-6-20-17-23(9-5-21(20)18-25)31(4)29-13-15-30(16-14-29,27(33)34)26(32)19-29/h5-6,9-10,17-18,22,24,26,32H,7-8,11-16,19H2,1-4H3,(H,33,34). The lowest BCUT2D eigenvalue weighted by molar-refractivity contribution is -0.170. The van der Waals surface area contributed by atoms with Crippen molar-refractivity contribution in [1.29, 1.82) is 0 Å². The summed E-state index contributed by atoms with van der Waals surface area (Å²) in [5.74, 6) is 0.889. The molecule has 190 valence electrons. The van der Waals surface area contributed by atoms with Gasteiger partial charge in [0.15, 0.2) is 0 Å². The van der Waals surface area contributed by atoms with Crippen LogP contribution >= 0.6 is 0 Å². The number of hydrogen-bond acceptors (Lipinski definition) is 4. The van der Waals surface area contributed by atoms with E-state index in [-0.39, 0.29) is 5.54 Å². The number of fused-ring (bicyclic) bond motifs is 4. The monoisotopic (exact) mass is 479 g/mol. The van der Waals surface area contributed by atoms with Crippen molar-refractivity contribution in [1.82, 2.24) is 0 Å². The number of hydrogen-bond donors (Lipinski definition) is 2. The Labute approximate surface area is 209 Å². The molecule has 0 amide bonds. The van der Waals surface area contributed by atoms with E-state index < -0.39 is 17.5 Å². The highest BCUT2D eigenvalue weighted by atomic mass is 16.5. The molecule has 2 aromatic carbocycles. The van der Waals surface area contributed by atoms with Crippen LogP contribution in [0.1, 0.15) is 78.6 Å². The van der Waals surface area contributed by atoms with Crippen molar-refractivity contribution >= 4 is 22.4 Å². The number of carboxylic acids is 1. The summed E-state index contributed by atoms with van der Waals surface area (Å²) in [4.78, 5) is 14.1. The Kier molecular flexibility index (Phi) is 6.06. The molecular weight excluding hydrogens is 438 g/mol. The van der Waals surface area contributed by atoms with Gasteiger partial charge in [0.1, 0.15) is 5.75 Å². The summed E-state index contributed by atoms with van der Waals surface area (Å²) in [7, 11) is 2.10. The van der Waals surface area contributed by atoms with Gasteiger partial charge in [0.05, 0.1) is 17.6 Å².